The van der Waals surface area contributed by atoms with E-state index in [1.165, 1.54) is 0 Å². The summed E-state index contributed by atoms with van der Waals surface area (Å²) in [4.78, 5) is 15.3. The third-order valence-corrected chi connectivity index (χ3v) is 2.56. The lowest BCUT2D eigenvalue weighted by Crippen LogP contribution is -2.25. The van der Waals surface area contributed by atoms with Gasteiger partial charge in [0.2, 0.25) is 0 Å². The number of aromatic nitrogens is 1. The molecule has 0 amide bonds. The highest BCUT2D eigenvalue weighted by Gasteiger charge is 2.11. The Hall–Kier alpha value is -1.62. The molecule has 1 atom stereocenters. The molecule has 0 saturated heterocycles. The van der Waals surface area contributed by atoms with Crippen molar-refractivity contribution in [3.8, 4) is 0 Å². The first-order valence-electron chi connectivity index (χ1n) is 6.04. The number of aromatic carboxylic acids is 1. The minimum Gasteiger partial charge on any atom is -0.478 e. The molecule has 0 aliphatic rings. The zero-order chi connectivity index (χ0) is 13.5. The molecule has 1 unspecified atom stereocenters. The standard InChI is InChI=1S/C13H20N2O3/c1-4-5-11(8-18-3)15-12-7-10(13(16)17)6-9(2)14-12/h6-7,11H,4-5,8H2,1-3H3,(H,14,15)(H,16,17). The Morgan fingerprint density at radius 3 is 2.83 bits per heavy atom. The molecule has 1 rings (SSSR count). The van der Waals surface area contributed by atoms with Crippen molar-refractivity contribution in [1.29, 1.82) is 0 Å². The van der Waals surface area contributed by atoms with Crippen molar-refractivity contribution in [3.63, 3.8) is 0 Å². The molecule has 0 bridgehead atoms. The van der Waals surface area contributed by atoms with Crippen molar-refractivity contribution in [2.45, 2.75) is 32.7 Å². The summed E-state index contributed by atoms with van der Waals surface area (Å²) in [6.45, 7) is 4.45. The number of nitrogens with one attached hydrogen (secondary N) is 1. The van der Waals surface area contributed by atoms with E-state index in [0.29, 0.717) is 18.1 Å². The van der Waals surface area contributed by atoms with E-state index in [4.69, 9.17) is 9.84 Å². The average Bonchev–Trinajstić information content (AvgIpc) is 2.28. The SMILES string of the molecule is CCCC(COC)Nc1cc(C(=O)O)cc(C)n1. The smallest absolute Gasteiger partial charge is 0.335 e. The number of anilines is 1. The maximum atomic E-state index is 11.0. The van der Waals surface area contributed by atoms with Gasteiger partial charge >= 0.3 is 5.97 Å². The number of methoxy groups -OCH3 is 1. The summed E-state index contributed by atoms with van der Waals surface area (Å²) >= 11 is 0. The van der Waals surface area contributed by atoms with Crippen LogP contribution in [0.4, 0.5) is 5.82 Å². The lowest BCUT2D eigenvalue weighted by molar-refractivity contribution is 0.0696. The highest BCUT2D eigenvalue weighted by atomic mass is 16.5. The molecular weight excluding hydrogens is 232 g/mol. The van der Waals surface area contributed by atoms with Crippen LogP contribution >= 0.6 is 0 Å². The number of hydrogen-bond donors (Lipinski definition) is 2. The van der Waals surface area contributed by atoms with E-state index < -0.39 is 5.97 Å². The Balaban J connectivity index is 2.84. The van der Waals surface area contributed by atoms with Gasteiger partial charge in [-0.1, -0.05) is 13.3 Å². The van der Waals surface area contributed by atoms with Crippen molar-refractivity contribution in [3.05, 3.63) is 23.4 Å². The summed E-state index contributed by atoms with van der Waals surface area (Å²) in [5, 5.41) is 12.2. The summed E-state index contributed by atoms with van der Waals surface area (Å²) < 4.78 is 5.13. The number of pyridine rings is 1. The van der Waals surface area contributed by atoms with Crippen molar-refractivity contribution in [2.75, 3.05) is 19.0 Å². The van der Waals surface area contributed by atoms with Crippen molar-refractivity contribution in [2.24, 2.45) is 0 Å². The van der Waals surface area contributed by atoms with Crippen molar-refractivity contribution in [1.82, 2.24) is 4.98 Å². The molecule has 5 nitrogen and oxygen atoms in total. The molecular formula is C13H20N2O3. The predicted molar refractivity (Wildman–Crippen MR) is 70.1 cm³/mol. The van der Waals surface area contributed by atoms with E-state index in [1.807, 2.05) is 0 Å². The Morgan fingerprint density at radius 2 is 2.28 bits per heavy atom. The summed E-state index contributed by atoms with van der Waals surface area (Å²) in [5.74, 6) is -0.356. The lowest BCUT2D eigenvalue weighted by atomic mass is 10.1. The lowest BCUT2D eigenvalue weighted by Gasteiger charge is -2.18. The Labute approximate surface area is 107 Å². The maximum Gasteiger partial charge on any atom is 0.335 e. The normalized spacial score (nSPS) is 12.2. The highest BCUT2D eigenvalue weighted by Crippen LogP contribution is 2.13. The minimum absolute atomic E-state index is 0.149. The van der Waals surface area contributed by atoms with Gasteiger partial charge in [-0.3, -0.25) is 0 Å². The number of ether oxygens (including phenoxy) is 1. The van der Waals surface area contributed by atoms with Crippen LogP contribution in [0, 0.1) is 6.92 Å². The van der Waals surface area contributed by atoms with Gasteiger partial charge in [-0.15, -0.1) is 0 Å². The molecule has 0 aromatic carbocycles. The number of carboxylic acids is 1. The number of carboxylic acid groups (broad SMARTS) is 1. The van der Waals surface area contributed by atoms with E-state index in [-0.39, 0.29) is 11.6 Å². The maximum absolute atomic E-state index is 11.0. The quantitative estimate of drug-likeness (QED) is 0.779. The Kier molecular flexibility index (Phi) is 5.58. The molecule has 0 aliphatic carbocycles. The van der Waals surface area contributed by atoms with Gasteiger partial charge in [-0.25, -0.2) is 9.78 Å². The van der Waals surface area contributed by atoms with Crippen LogP contribution in [0.25, 0.3) is 0 Å². The van der Waals surface area contributed by atoms with Crippen LogP contribution in [0.5, 0.6) is 0 Å². The second kappa shape index (κ2) is 6.96. The van der Waals surface area contributed by atoms with Gasteiger partial charge in [0.1, 0.15) is 5.82 Å². The fraction of sp³-hybridized carbons (Fsp3) is 0.538. The number of hydrogen-bond acceptors (Lipinski definition) is 4. The Bertz CT molecular complexity index is 401. The molecule has 0 fully saturated rings. The van der Waals surface area contributed by atoms with E-state index in [0.717, 1.165) is 12.8 Å². The van der Waals surface area contributed by atoms with Crippen LogP contribution in [0.1, 0.15) is 35.8 Å². The Morgan fingerprint density at radius 1 is 1.56 bits per heavy atom. The van der Waals surface area contributed by atoms with Crippen molar-refractivity contribution < 1.29 is 14.6 Å². The second-order valence-corrected chi connectivity index (χ2v) is 4.27. The molecule has 1 heterocycles. The van der Waals surface area contributed by atoms with Crippen LogP contribution in [0.3, 0.4) is 0 Å². The first-order valence-corrected chi connectivity index (χ1v) is 6.04. The predicted octanol–water partition coefficient (Wildman–Crippen LogP) is 2.32. The number of carbonyl (C=O) groups is 1. The van der Waals surface area contributed by atoms with Gasteiger partial charge in [-0.05, 0) is 25.5 Å². The summed E-state index contributed by atoms with van der Waals surface area (Å²) in [6.07, 6.45) is 1.98. The molecule has 0 saturated carbocycles. The molecule has 5 heteroatoms. The van der Waals surface area contributed by atoms with Gasteiger partial charge in [0.05, 0.1) is 18.2 Å². The van der Waals surface area contributed by atoms with Gasteiger partial charge in [0.25, 0.3) is 0 Å². The van der Waals surface area contributed by atoms with E-state index in [1.54, 1.807) is 26.2 Å². The third-order valence-electron chi connectivity index (χ3n) is 2.56. The molecule has 0 spiro atoms. The van der Waals surface area contributed by atoms with Crippen LogP contribution < -0.4 is 5.32 Å². The molecule has 18 heavy (non-hydrogen) atoms. The second-order valence-electron chi connectivity index (χ2n) is 4.27. The molecule has 100 valence electrons. The van der Waals surface area contributed by atoms with Gasteiger partial charge in [0.15, 0.2) is 0 Å². The van der Waals surface area contributed by atoms with Gasteiger partial charge < -0.3 is 15.2 Å². The van der Waals surface area contributed by atoms with Crippen LogP contribution in [-0.4, -0.2) is 35.8 Å². The third kappa shape index (κ3) is 4.33. The fourth-order valence-electron chi connectivity index (χ4n) is 1.82. The zero-order valence-electron chi connectivity index (χ0n) is 11.1. The molecule has 2 N–H and O–H groups in total. The largest absolute Gasteiger partial charge is 0.478 e. The first-order chi connectivity index (χ1) is 8.56. The number of nitrogens with zero attached hydrogens (tertiary/aromatic N) is 1. The van der Waals surface area contributed by atoms with Gasteiger partial charge in [-0.2, -0.15) is 0 Å². The minimum atomic E-state index is -0.942. The van der Waals surface area contributed by atoms with Crippen LogP contribution in [0.2, 0.25) is 0 Å². The topological polar surface area (TPSA) is 71.5 Å². The monoisotopic (exact) mass is 252 g/mol. The number of aryl methyl sites for hydroxylation is 1. The van der Waals surface area contributed by atoms with E-state index in [2.05, 4.69) is 17.2 Å². The van der Waals surface area contributed by atoms with Crippen LogP contribution in [0.15, 0.2) is 12.1 Å². The van der Waals surface area contributed by atoms with Gasteiger partial charge in [0, 0.05) is 12.8 Å². The molecule has 1 aromatic rings. The van der Waals surface area contributed by atoms with Crippen molar-refractivity contribution >= 4 is 11.8 Å². The van der Waals surface area contributed by atoms with Crippen LogP contribution in [-0.2, 0) is 4.74 Å². The molecule has 1 aromatic heterocycles. The highest BCUT2D eigenvalue weighted by molar-refractivity contribution is 5.88. The number of rotatable bonds is 7. The average molecular weight is 252 g/mol. The summed E-state index contributed by atoms with van der Waals surface area (Å²) in [7, 11) is 1.65. The first kappa shape index (κ1) is 14.4. The fourth-order valence-corrected chi connectivity index (χ4v) is 1.82. The zero-order valence-corrected chi connectivity index (χ0v) is 11.1. The summed E-state index contributed by atoms with van der Waals surface area (Å²) in [5.41, 5.74) is 0.933. The molecule has 0 aliphatic heterocycles. The molecule has 0 radical (unpaired) electrons. The van der Waals surface area contributed by atoms with E-state index >= 15 is 0 Å². The van der Waals surface area contributed by atoms with E-state index in [9.17, 15) is 4.79 Å². The summed E-state index contributed by atoms with van der Waals surface area (Å²) in [6, 6.07) is 3.25.